The lowest BCUT2D eigenvalue weighted by molar-refractivity contribution is -0.113. The topological polar surface area (TPSA) is 102 Å². The van der Waals surface area contributed by atoms with Crippen LogP contribution < -0.4 is 10.6 Å². The third-order valence-corrected chi connectivity index (χ3v) is 5.93. The number of hydrogen-bond donors (Lipinski definition) is 2. The summed E-state index contributed by atoms with van der Waals surface area (Å²) in [4.78, 5) is 29.7. The van der Waals surface area contributed by atoms with E-state index in [0.717, 1.165) is 10.4 Å². The van der Waals surface area contributed by atoms with E-state index in [2.05, 4.69) is 25.8 Å². The first-order chi connectivity index (χ1) is 13.8. The Bertz CT molecular complexity index is 1030. The van der Waals surface area contributed by atoms with Crippen LogP contribution in [0.5, 0.6) is 0 Å². The first-order valence-corrected chi connectivity index (χ1v) is 10.8. The maximum Gasteiger partial charge on any atom is 0.251 e. The lowest BCUT2D eigenvalue weighted by atomic mass is 10.1. The van der Waals surface area contributed by atoms with E-state index in [4.69, 9.17) is 0 Å². The quantitative estimate of drug-likeness (QED) is 0.559. The van der Waals surface area contributed by atoms with Crippen LogP contribution in [0.1, 0.15) is 39.6 Å². The molecule has 1 atom stereocenters. The van der Waals surface area contributed by atoms with E-state index in [-0.39, 0.29) is 23.6 Å². The first-order valence-electron chi connectivity index (χ1n) is 8.95. The van der Waals surface area contributed by atoms with Crippen molar-refractivity contribution in [3.05, 3.63) is 52.3 Å². The Balaban J connectivity index is 1.58. The molecule has 0 saturated carbocycles. The van der Waals surface area contributed by atoms with Gasteiger partial charge in [0.25, 0.3) is 5.91 Å². The van der Waals surface area contributed by atoms with Gasteiger partial charge < -0.3 is 15.2 Å². The molecule has 152 valence electrons. The lowest BCUT2D eigenvalue weighted by Gasteiger charge is -2.14. The van der Waals surface area contributed by atoms with Crippen LogP contribution >= 0.6 is 23.1 Å². The van der Waals surface area contributed by atoms with Gasteiger partial charge in [-0.15, -0.1) is 21.5 Å². The van der Waals surface area contributed by atoms with Crippen molar-refractivity contribution in [2.75, 3.05) is 11.1 Å². The number of anilines is 1. The fraction of sp³-hybridized carbons (Fsp3) is 0.316. The Labute approximate surface area is 177 Å². The van der Waals surface area contributed by atoms with Gasteiger partial charge in [0.2, 0.25) is 5.91 Å². The Morgan fingerprint density at radius 2 is 2.07 bits per heavy atom. The summed E-state index contributed by atoms with van der Waals surface area (Å²) in [7, 11) is 1.81. The number of benzene rings is 1. The molecule has 3 rings (SSSR count). The molecule has 0 unspecified atom stereocenters. The van der Waals surface area contributed by atoms with Gasteiger partial charge in [0.05, 0.1) is 11.8 Å². The zero-order valence-corrected chi connectivity index (χ0v) is 18.2. The number of hydrogen-bond acceptors (Lipinski definition) is 7. The van der Waals surface area contributed by atoms with Crippen LogP contribution in [0.4, 0.5) is 5.13 Å². The fourth-order valence-electron chi connectivity index (χ4n) is 2.66. The largest absolute Gasteiger partial charge is 0.342 e. The normalized spacial score (nSPS) is 11.9. The second-order valence-corrected chi connectivity index (χ2v) is 8.75. The van der Waals surface area contributed by atoms with Crippen molar-refractivity contribution in [3.63, 3.8) is 0 Å². The second-order valence-electron chi connectivity index (χ2n) is 6.58. The summed E-state index contributed by atoms with van der Waals surface area (Å²) in [6, 6.07) is 7.07. The molecule has 2 amide bonds. The van der Waals surface area contributed by atoms with E-state index >= 15 is 0 Å². The molecule has 0 spiro atoms. The van der Waals surface area contributed by atoms with Crippen molar-refractivity contribution < 1.29 is 9.59 Å². The van der Waals surface area contributed by atoms with Crippen LogP contribution in [-0.4, -0.2) is 37.3 Å². The minimum atomic E-state index is -0.331. The number of aromatic nitrogens is 4. The monoisotopic (exact) mass is 430 g/mol. The van der Waals surface area contributed by atoms with E-state index in [1.807, 2.05) is 46.0 Å². The van der Waals surface area contributed by atoms with E-state index < -0.39 is 0 Å². The molecule has 0 aliphatic heterocycles. The van der Waals surface area contributed by atoms with Crippen molar-refractivity contribution >= 4 is 40.0 Å². The number of carbonyl (C=O) groups excluding carboxylic acids is 2. The number of rotatable bonds is 7. The summed E-state index contributed by atoms with van der Waals surface area (Å²) in [6.07, 6.45) is 1.72. The van der Waals surface area contributed by atoms with Crippen molar-refractivity contribution in [1.82, 2.24) is 25.1 Å². The van der Waals surface area contributed by atoms with Gasteiger partial charge in [-0.1, -0.05) is 29.5 Å². The first kappa shape index (κ1) is 21.0. The highest BCUT2D eigenvalue weighted by atomic mass is 32.2. The second kappa shape index (κ2) is 9.19. The van der Waals surface area contributed by atoms with Gasteiger partial charge >= 0.3 is 0 Å². The summed E-state index contributed by atoms with van der Waals surface area (Å²) in [6.45, 7) is 5.73. The maximum absolute atomic E-state index is 12.5. The predicted octanol–water partition coefficient (Wildman–Crippen LogP) is 3.11. The van der Waals surface area contributed by atoms with Crippen LogP contribution in [0.15, 0.2) is 35.6 Å². The third-order valence-electron chi connectivity index (χ3n) is 4.08. The van der Waals surface area contributed by atoms with E-state index in [0.29, 0.717) is 21.7 Å². The van der Waals surface area contributed by atoms with Gasteiger partial charge in [-0.3, -0.25) is 9.59 Å². The molecule has 0 bridgehead atoms. The molecule has 0 saturated heterocycles. The number of amides is 2. The lowest BCUT2D eigenvalue weighted by Crippen LogP contribution is -2.28. The molecular formula is C19H22N6O2S2. The Hall–Kier alpha value is -2.72. The SMILES string of the molecule is Cc1cccc(C(=O)N[C@H](C)c2nnc(SCC(=O)Nc3ncc(C)s3)n2C)c1. The van der Waals surface area contributed by atoms with E-state index in [1.165, 1.54) is 23.1 Å². The molecule has 2 N–H and O–H groups in total. The zero-order chi connectivity index (χ0) is 21.0. The molecule has 0 radical (unpaired) electrons. The smallest absolute Gasteiger partial charge is 0.251 e. The Kier molecular flexibility index (Phi) is 6.65. The van der Waals surface area contributed by atoms with Gasteiger partial charge in [-0.25, -0.2) is 4.98 Å². The zero-order valence-electron chi connectivity index (χ0n) is 16.6. The van der Waals surface area contributed by atoms with Crippen LogP contribution in [0.3, 0.4) is 0 Å². The molecule has 1 aromatic carbocycles. The highest BCUT2D eigenvalue weighted by Crippen LogP contribution is 2.21. The van der Waals surface area contributed by atoms with Crippen molar-refractivity contribution in [3.8, 4) is 0 Å². The molecule has 10 heteroatoms. The summed E-state index contributed by atoms with van der Waals surface area (Å²) < 4.78 is 1.78. The number of nitrogens with one attached hydrogen (secondary N) is 2. The predicted molar refractivity (Wildman–Crippen MR) is 114 cm³/mol. The van der Waals surface area contributed by atoms with Gasteiger partial charge in [0.1, 0.15) is 0 Å². The van der Waals surface area contributed by atoms with Gasteiger partial charge in [-0.05, 0) is 32.9 Å². The van der Waals surface area contributed by atoms with Crippen LogP contribution in [0.25, 0.3) is 0 Å². The van der Waals surface area contributed by atoms with E-state index in [1.54, 1.807) is 16.8 Å². The number of aryl methyl sites for hydroxylation is 2. The molecule has 3 aromatic rings. The van der Waals surface area contributed by atoms with Gasteiger partial charge in [-0.2, -0.15) is 0 Å². The molecule has 0 aliphatic carbocycles. The average Bonchev–Trinajstić information content (AvgIpc) is 3.25. The Morgan fingerprint density at radius 1 is 1.28 bits per heavy atom. The highest BCUT2D eigenvalue weighted by molar-refractivity contribution is 7.99. The van der Waals surface area contributed by atoms with Crippen molar-refractivity contribution in [2.45, 2.75) is 32.0 Å². The maximum atomic E-state index is 12.5. The standard InChI is InChI=1S/C19H22N6O2S2/c1-11-6-5-7-14(8-11)17(27)21-13(3)16-23-24-19(25(16)4)28-10-15(26)22-18-20-9-12(2)29-18/h5-9,13H,10H2,1-4H3,(H,21,27)(H,20,22,26)/t13-/m1/s1. The van der Waals surface area contributed by atoms with E-state index in [9.17, 15) is 9.59 Å². The molecule has 0 fully saturated rings. The molecule has 0 aliphatic rings. The average molecular weight is 431 g/mol. The molecule has 2 heterocycles. The van der Waals surface area contributed by atoms with Crippen LogP contribution in [0, 0.1) is 13.8 Å². The fourth-order valence-corrected chi connectivity index (χ4v) is 4.06. The van der Waals surface area contributed by atoms with Crippen molar-refractivity contribution in [1.29, 1.82) is 0 Å². The molecular weight excluding hydrogens is 408 g/mol. The Morgan fingerprint density at radius 3 is 2.76 bits per heavy atom. The van der Waals surface area contributed by atoms with Gasteiger partial charge in [0, 0.05) is 23.7 Å². The number of carbonyl (C=O) groups is 2. The molecule has 29 heavy (non-hydrogen) atoms. The van der Waals surface area contributed by atoms with Gasteiger partial charge in [0.15, 0.2) is 16.1 Å². The van der Waals surface area contributed by atoms with Crippen LogP contribution in [-0.2, 0) is 11.8 Å². The molecule has 8 nitrogen and oxygen atoms in total. The minimum Gasteiger partial charge on any atom is -0.342 e. The number of nitrogens with zero attached hydrogens (tertiary/aromatic N) is 4. The highest BCUT2D eigenvalue weighted by Gasteiger charge is 2.19. The number of thioether (sulfide) groups is 1. The number of thiazole rings is 1. The molecule has 2 aromatic heterocycles. The van der Waals surface area contributed by atoms with Crippen molar-refractivity contribution in [2.24, 2.45) is 7.05 Å². The summed E-state index contributed by atoms with van der Waals surface area (Å²) in [5.41, 5.74) is 1.62. The summed E-state index contributed by atoms with van der Waals surface area (Å²) in [5.74, 6) is 0.477. The third kappa shape index (κ3) is 5.42. The summed E-state index contributed by atoms with van der Waals surface area (Å²) in [5, 5.41) is 15.2. The van der Waals surface area contributed by atoms with Crippen LogP contribution in [0.2, 0.25) is 0 Å². The minimum absolute atomic E-state index is 0.158. The summed E-state index contributed by atoms with van der Waals surface area (Å²) >= 11 is 2.71.